The molecule has 0 radical (unpaired) electrons. The summed E-state index contributed by atoms with van der Waals surface area (Å²) in [5.41, 5.74) is 2.73. The topological polar surface area (TPSA) is 20.2 Å². The fraction of sp³-hybridized carbons (Fsp3) is 0.200. The lowest BCUT2D eigenvalue weighted by atomic mass is 10.1. The minimum atomic E-state index is 0.190. The van der Waals surface area contributed by atoms with Crippen LogP contribution < -0.4 is 0 Å². The van der Waals surface area contributed by atoms with E-state index >= 15 is 0 Å². The van der Waals surface area contributed by atoms with E-state index in [1.165, 1.54) is 0 Å². The van der Waals surface area contributed by atoms with Crippen LogP contribution in [0.2, 0.25) is 0 Å². The van der Waals surface area contributed by atoms with Crippen molar-refractivity contribution in [2.24, 2.45) is 0 Å². The van der Waals surface area contributed by atoms with Gasteiger partial charge in [0.05, 0.1) is 5.56 Å². The SMILES string of the molecule is C#Cc1cc(C)c(C)cc1O. The zero-order valence-corrected chi connectivity index (χ0v) is 6.68. The van der Waals surface area contributed by atoms with Crippen molar-refractivity contribution in [2.75, 3.05) is 0 Å². The van der Waals surface area contributed by atoms with E-state index in [0.717, 1.165) is 11.1 Å². The monoisotopic (exact) mass is 146 g/mol. The molecule has 0 saturated carbocycles. The van der Waals surface area contributed by atoms with Crippen LogP contribution in [0.5, 0.6) is 5.75 Å². The second-order valence-electron chi connectivity index (χ2n) is 2.60. The Morgan fingerprint density at radius 2 is 1.82 bits per heavy atom. The first-order chi connectivity index (χ1) is 5.15. The number of hydrogen-bond acceptors (Lipinski definition) is 1. The van der Waals surface area contributed by atoms with E-state index in [0.29, 0.717) is 5.56 Å². The maximum atomic E-state index is 9.27. The van der Waals surface area contributed by atoms with Gasteiger partial charge < -0.3 is 5.11 Å². The molecule has 1 N–H and O–H groups in total. The first kappa shape index (κ1) is 7.68. The maximum Gasteiger partial charge on any atom is 0.131 e. The lowest BCUT2D eigenvalue weighted by molar-refractivity contribution is 0.473. The summed E-state index contributed by atoms with van der Waals surface area (Å²) in [6.45, 7) is 3.91. The number of rotatable bonds is 0. The summed E-state index contributed by atoms with van der Waals surface area (Å²) in [6.07, 6.45) is 5.16. The predicted molar refractivity (Wildman–Crippen MR) is 45.5 cm³/mol. The minimum Gasteiger partial charge on any atom is -0.507 e. The standard InChI is InChI=1S/C10H10O/c1-4-9-5-7(2)8(3)6-10(9)11/h1,5-6,11H,2-3H3. The number of phenols is 1. The lowest BCUT2D eigenvalue weighted by Crippen LogP contribution is -1.83. The Kier molecular flexibility index (Phi) is 1.87. The van der Waals surface area contributed by atoms with Gasteiger partial charge in [-0.1, -0.05) is 5.92 Å². The predicted octanol–water partition coefficient (Wildman–Crippen LogP) is 1.99. The largest absolute Gasteiger partial charge is 0.507 e. The molecule has 1 aromatic rings. The number of aryl methyl sites for hydroxylation is 2. The molecule has 56 valence electrons. The number of phenolic OH excluding ortho intramolecular Hbond substituents is 1. The molecule has 0 aromatic heterocycles. The molecule has 0 aliphatic heterocycles. The fourth-order valence-electron chi connectivity index (χ4n) is 0.917. The number of aromatic hydroxyl groups is 1. The first-order valence-corrected chi connectivity index (χ1v) is 3.42. The van der Waals surface area contributed by atoms with Gasteiger partial charge in [0.1, 0.15) is 5.75 Å². The van der Waals surface area contributed by atoms with Crippen molar-refractivity contribution in [3.8, 4) is 18.1 Å². The third-order valence-corrected chi connectivity index (χ3v) is 1.77. The molecule has 1 aromatic carbocycles. The average Bonchev–Trinajstić information content (AvgIpc) is 1.97. The van der Waals surface area contributed by atoms with Crippen LogP contribution >= 0.6 is 0 Å². The molecule has 0 aliphatic carbocycles. The van der Waals surface area contributed by atoms with E-state index in [1.807, 2.05) is 19.9 Å². The fourth-order valence-corrected chi connectivity index (χ4v) is 0.917. The van der Waals surface area contributed by atoms with Crippen molar-refractivity contribution in [1.82, 2.24) is 0 Å². The van der Waals surface area contributed by atoms with Crippen LogP contribution in [0.1, 0.15) is 16.7 Å². The molecule has 0 aliphatic rings. The van der Waals surface area contributed by atoms with Crippen molar-refractivity contribution >= 4 is 0 Å². The van der Waals surface area contributed by atoms with E-state index in [2.05, 4.69) is 5.92 Å². The van der Waals surface area contributed by atoms with E-state index in [-0.39, 0.29) is 5.75 Å². The minimum absolute atomic E-state index is 0.190. The Bertz CT molecular complexity index is 318. The summed E-state index contributed by atoms with van der Waals surface area (Å²) >= 11 is 0. The van der Waals surface area contributed by atoms with Gasteiger partial charge in [-0.25, -0.2) is 0 Å². The molecular formula is C10H10O. The second kappa shape index (κ2) is 2.67. The van der Waals surface area contributed by atoms with Crippen LogP contribution in [-0.4, -0.2) is 5.11 Å². The Labute approximate surface area is 66.7 Å². The van der Waals surface area contributed by atoms with Crippen LogP contribution in [0.3, 0.4) is 0 Å². The average molecular weight is 146 g/mol. The van der Waals surface area contributed by atoms with Crippen molar-refractivity contribution in [3.63, 3.8) is 0 Å². The summed E-state index contributed by atoms with van der Waals surface area (Å²) in [7, 11) is 0. The molecule has 0 atom stereocenters. The van der Waals surface area contributed by atoms with E-state index in [4.69, 9.17) is 6.42 Å². The molecule has 0 heterocycles. The molecule has 0 fully saturated rings. The lowest BCUT2D eigenvalue weighted by Gasteiger charge is -2.02. The van der Waals surface area contributed by atoms with Gasteiger partial charge >= 0.3 is 0 Å². The zero-order valence-electron chi connectivity index (χ0n) is 6.68. The third-order valence-electron chi connectivity index (χ3n) is 1.77. The number of benzene rings is 1. The van der Waals surface area contributed by atoms with Crippen LogP contribution in [0.25, 0.3) is 0 Å². The maximum absolute atomic E-state index is 9.27. The highest BCUT2D eigenvalue weighted by atomic mass is 16.3. The number of hydrogen-bond donors (Lipinski definition) is 1. The molecule has 0 amide bonds. The van der Waals surface area contributed by atoms with Crippen molar-refractivity contribution in [2.45, 2.75) is 13.8 Å². The van der Waals surface area contributed by atoms with Gasteiger partial charge in [-0.2, -0.15) is 0 Å². The molecular weight excluding hydrogens is 136 g/mol. The molecule has 0 unspecified atom stereocenters. The Balaban J connectivity index is 3.35. The molecule has 1 heteroatoms. The molecule has 0 saturated heterocycles. The van der Waals surface area contributed by atoms with Crippen LogP contribution in [0, 0.1) is 26.2 Å². The normalized spacial score (nSPS) is 9.18. The summed E-state index contributed by atoms with van der Waals surface area (Å²) in [6, 6.07) is 3.50. The molecule has 0 bridgehead atoms. The zero-order chi connectivity index (χ0) is 8.43. The molecule has 1 nitrogen and oxygen atoms in total. The summed E-state index contributed by atoms with van der Waals surface area (Å²) < 4.78 is 0. The van der Waals surface area contributed by atoms with Crippen molar-refractivity contribution < 1.29 is 5.11 Å². The summed E-state index contributed by atoms with van der Waals surface area (Å²) in [5, 5.41) is 9.27. The second-order valence-corrected chi connectivity index (χ2v) is 2.60. The van der Waals surface area contributed by atoms with Gasteiger partial charge in [0.15, 0.2) is 0 Å². The van der Waals surface area contributed by atoms with Gasteiger partial charge in [0, 0.05) is 0 Å². The van der Waals surface area contributed by atoms with E-state index in [1.54, 1.807) is 6.07 Å². The van der Waals surface area contributed by atoms with E-state index < -0.39 is 0 Å². The Morgan fingerprint density at radius 3 is 2.36 bits per heavy atom. The smallest absolute Gasteiger partial charge is 0.131 e. The van der Waals surface area contributed by atoms with Gasteiger partial charge in [-0.3, -0.25) is 0 Å². The highest BCUT2D eigenvalue weighted by Crippen LogP contribution is 2.20. The third kappa shape index (κ3) is 1.35. The van der Waals surface area contributed by atoms with Crippen LogP contribution in [-0.2, 0) is 0 Å². The first-order valence-electron chi connectivity index (χ1n) is 3.42. The Hall–Kier alpha value is -1.42. The van der Waals surface area contributed by atoms with Gasteiger partial charge in [-0.15, -0.1) is 6.42 Å². The van der Waals surface area contributed by atoms with Crippen molar-refractivity contribution in [1.29, 1.82) is 0 Å². The van der Waals surface area contributed by atoms with Crippen LogP contribution in [0.4, 0.5) is 0 Å². The van der Waals surface area contributed by atoms with Gasteiger partial charge in [0.25, 0.3) is 0 Å². The quantitative estimate of drug-likeness (QED) is 0.555. The highest BCUT2D eigenvalue weighted by molar-refractivity contribution is 5.48. The summed E-state index contributed by atoms with van der Waals surface area (Å²) in [4.78, 5) is 0. The highest BCUT2D eigenvalue weighted by Gasteiger charge is 1.99. The molecule has 1 rings (SSSR count). The number of terminal acetylenes is 1. The molecule has 0 spiro atoms. The van der Waals surface area contributed by atoms with E-state index in [9.17, 15) is 5.11 Å². The van der Waals surface area contributed by atoms with Gasteiger partial charge in [-0.05, 0) is 37.1 Å². The Morgan fingerprint density at radius 1 is 1.27 bits per heavy atom. The van der Waals surface area contributed by atoms with Crippen molar-refractivity contribution in [3.05, 3.63) is 28.8 Å². The molecule has 11 heavy (non-hydrogen) atoms. The van der Waals surface area contributed by atoms with Gasteiger partial charge in [0.2, 0.25) is 0 Å². The van der Waals surface area contributed by atoms with Crippen LogP contribution in [0.15, 0.2) is 12.1 Å². The summed E-state index contributed by atoms with van der Waals surface area (Å²) in [5.74, 6) is 2.60.